The lowest BCUT2D eigenvalue weighted by atomic mass is 10.5. The zero-order valence-electron chi connectivity index (χ0n) is 7.77. The zero-order chi connectivity index (χ0) is 9.80. The van der Waals surface area contributed by atoms with E-state index in [-0.39, 0.29) is 0 Å². The van der Waals surface area contributed by atoms with Crippen LogP contribution in [-0.4, -0.2) is 15.2 Å². The van der Waals surface area contributed by atoms with Crippen molar-refractivity contribution in [2.45, 2.75) is 13.5 Å². The molecule has 2 heterocycles. The summed E-state index contributed by atoms with van der Waals surface area (Å²) in [4.78, 5) is 4.33. The van der Waals surface area contributed by atoms with Gasteiger partial charge in [-0.05, 0) is 19.1 Å². The Bertz CT molecular complexity index is 398. The predicted molar refractivity (Wildman–Crippen MR) is 56.2 cm³/mol. The molecule has 0 aliphatic heterocycles. The minimum atomic E-state index is 0.706. The summed E-state index contributed by atoms with van der Waals surface area (Å²) in [6.45, 7) is 2.69. The lowest BCUT2D eigenvalue weighted by Gasteiger charge is -2.00. The average Bonchev–Trinajstić information content (AvgIpc) is 2.63. The number of rotatable bonds is 3. The van der Waals surface area contributed by atoms with Crippen LogP contribution in [0.15, 0.2) is 23.7 Å². The molecule has 0 bridgehead atoms. The van der Waals surface area contributed by atoms with Crippen LogP contribution in [0.2, 0.25) is 0 Å². The van der Waals surface area contributed by atoms with Crippen LogP contribution in [0.4, 0.5) is 5.82 Å². The van der Waals surface area contributed by atoms with E-state index in [1.54, 1.807) is 17.5 Å². The van der Waals surface area contributed by atoms with Gasteiger partial charge in [0.1, 0.15) is 10.8 Å². The lowest BCUT2D eigenvalue weighted by molar-refractivity contribution is 0.989. The molecule has 14 heavy (non-hydrogen) atoms. The van der Waals surface area contributed by atoms with E-state index in [9.17, 15) is 0 Å². The minimum Gasteiger partial charge on any atom is -0.362 e. The monoisotopic (exact) mass is 206 g/mol. The second-order valence-electron chi connectivity index (χ2n) is 2.85. The predicted octanol–water partition coefficient (Wildman–Crippen LogP) is 1.85. The molecule has 5 heteroatoms. The Morgan fingerprint density at radius 1 is 1.50 bits per heavy atom. The molecule has 0 aromatic carbocycles. The molecule has 1 N–H and O–H groups in total. The van der Waals surface area contributed by atoms with E-state index in [1.807, 2.05) is 24.4 Å². The first-order chi connectivity index (χ1) is 6.84. The number of hydrogen-bond acceptors (Lipinski definition) is 5. The van der Waals surface area contributed by atoms with E-state index in [1.165, 1.54) is 0 Å². The molecular formula is C9H10N4S. The van der Waals surface area contributed by atoms with Crippen LogP contribution in [0.1, 0.15) is 10.7 Å². The van der Waals surface area contributed by atoms with Gasteiger partial charge in [0.05, 0.1) is 6.54 Å². The van der Waals surface area contributed by atoms with Gasteiger partial charge in [-0.2, -0.15) is 5.10 Å². The Balaban J connectivity index is 1.95. The second kappa shape index (κ2) is 4.15. The molecule has 0 atom stereocenters. The maximum atomic E-state index is 4.33. The minimum absolute atomic E-state index is 0.706. The number of nitrogens with one attached hydrogen (secondary N) is 1. The molecule has 0 fully saturated rings. The fourth-order valence-electron chi connectivity index (χ4n) is 1.05. The quantitative estimate of drug-likeness (QED) is 0.832. The fourth-order valence-corrected chi connectivity index (χ4v) is 1.76. The van der Waals surface area contributed by atoms with Crippen LogP contribution >= 0.6 is 11.3 Å². The summed E-state index contributed by atoms with van der Waals surface area (Å²) in [6, 6.07) is 3.73. The molecule has 0 unspecified atom stereocenters. The summed E-state index contributed by atoms with van der Waals surface area (Å²) in [7, 11) is 0. The van der Waals surface area contributed by atoms with E-state index in [2.05, 4.69) is 20.5 Å². The van der Waals surface area contributed by atoms with Crippen molar-refractivity contribution in [2.24, 2.45) is 0 Å². The highest BCUT2D eigenvalue weighted by molar-refractivity contribution is 7.09. The van der Waals surface area contributed by atoms with Gasteiger partial charge in [0, 0.05) is 17.3 Å². The van der Waals surface area contributed by atoms with Crippen molar-refractivity contribution in [3.63, 3.8) is 0 Å². The van der Waals surface area contributed by atoms with Crippen molar-refractivity contribution in [3.8, 4) is 0 Å². The van der Waals surface area contributed by atoms with Crippen molar-refractivity contribution in [3.05, 3.63) is 34.4 Å². The van der Waals surface area contributed by atoms with Crippen LogP contribution in [-0.2, 0) is 6.54 Å². The van der Waals surface area contributed by atoms with E-state index in [0.29, 0.717) is 6.54 Å². The van der Waals surface area contributed by atoms with Crippen LogP contribution < -0.4 is 5.32 Å². The largest absolute Gasteiger partial charge is 0.362 e. The van der Waals surface area contributed by atoms with Gasteiger partial charge < -0.3 is 5.32 Å². The molecule has 0 saturated carbocycles. The van der Waals surface area contributed by atoms with Crippen molar-refractivity contribution in [2.75, 3.05) is 5.32 Å². The Kier molecular flexibility index (Phi) is 2.69. The molecular weight excluding hydrogens is 196 g/mol. The molecule has 0 radical (unpaired) electrons. The third-order valence-electron chi connectivity index (χ3n) is 1.66. The highest BCUT2D eigenvalue weighted by atomic mass is 32.1. The molecule has 2 aromatic rings. The van der Waals surface area contributed by atoms with Crippen LogP contribution in [0, 0.1) is 6.92 Å². The third-order valence-corrected chi connectivity index (χ3v) is 2.63. The van der Waals surface area contributed by atoms with Gasteiger partial charge in [-0.1, -0.05) is 0 Å². The summed E-state index contributed by atoms with van der Waals surface area (Å²) in [6.07, 6.45) is 1.65. The average molecular weight is 206 g/mol. The van der Waals surface area contributed by atoms with Gasteiger partial charge in [-0.3, -0.25) is 0 Å². The molecule has 0 saturated heterocycles. The van der Waals surface area contributed by atoms with Gasteiger partial charge in [-0.15, -0.1) is 16.4 Å². The number of anilines is 1. The van der Waals surface area contributed by atoms with E-state index in [0.717, 1.165) is 16.5 Å². The number of thiazole rings is 1. The number of aryl methyl sites for hydroxylation is 1. The molecule has 0 spiro atoms. The summed E-state index contributed by atoms with van der Waals surface area (Å²) < 4.78 is 0. The third kappa shape index (κ3) is 2.26. The lowest BCUT2D eigenvalue weighted by Crippen LogP contribution is -2.01. The second-order valence-corrected chi connectivity index (χ2v) is 3.79. The van der Waals surface area contributed by atoms with Gasteiger partial charge in [0.15, 0.2) is 0 Å². The van der Waals surface area contributed by atoms with Gasteiger partial charge in [-0.25, -0.2) is 4.98 Å². The fraction of sp³-hybridized carbons (Fsp3) is 0.222. The Hall–Kier alpha value is -1.49. The highest BCUT2D eigenvalue weighted by Gasteiger charge is 1.98. The maximum absolute atomic E-state index is 4.33. The topological polar surface area (TPSA) is 50.7 Å². The number of aromatic nitrogens is 3. The SMILES string of the molecule is Cc1csc(CNc2cccnn2)n1. The first-order valence-corrected chi connectivity index (χ1v) is 5.15. The van der Waals surface area contributed by atoms with Crippen molar-refractivity contribution < 1.29 is 0 Å². The molecule has 0 aliphatic rings. The van der Waals surface area contributed by atoms with Crippen molar-refractivity contribution in [1.82, 2.24) is 15.2 Å². The summed E-state index contributed by atoms with van der Waals surface area (Å²) in [5, 5.41) is 13.9. The number of hydrogen-bond donors (Lipinski definition) is 1. The Morgan fingerprint density at radius 3 is 3.07 bits per heavy atom. The maximum Gasteiger partial charge on any atom is 0.148 e. The van der Waals surface area contributed by atoms with E-state index in [4.69, 9.17) is 0 Å². The van der Waals surface area contributed by atoms with Crippen molar-refractivity contribution in [1.29, 1.82) is 0 Å². The molecule has 4 nitrogen and oxygen atoms in total. The highest BCUT2D eigenvalue weighted by Crippen LogP contribution is 2.10. The molecule has 2 aromatic heterocycles. The summed E-state index contributed by atoms with van der Waals surface area (Å²) in [5.74, 6) is 0.778. The first-order valence-electron chi connectivity index (χ1n) is 4.27. The molecule has 72 valence electrons. The molecule has 2 rings (SSSR count). The van der Waals surface area contributed by atoms with Crippen LogP contribution in [0.3, 0.4) is 0 Å². The molecule has 0 amide bonds. The standard InChI is InChI=1S/C9H10N4S/c1-7-6-14-9(12-7)5-10-8-3-2-4-11-13-8/h2-4,6H,5H2,1H3,(H,10,13). The van der Waals surface area contributed by atoms with Crippen LogP contribution in [0.25, 0.3) is 0 Å². The smallest absolute Gasteiger partial charge is 0.148 e. The van der Waals surface area contributed by atoms with Gasteiger partial charge in [0.25, 0.3) is 0 Å². The van der Waals surface area contributed by atoms with E-state index >= 15 is 0 Å². The summed E-state index contributed by atoms with van der Waals surface area (Å²) >= 11 is 1.65. The van der Waals surface area contributed by atoms with Gasteiger partial charge in [0.2, 0.25) is 0 Å². The van der Waals surface area contributed by atoms with Gasteiger partial charge >= 0.3 is 0 Å². The normalized spacial score (nSPS) is 10.1. The Morgan fingerprint density at radius 2 is 2.43 bits per heavy atom. The number of nitrogens with zero attached hydrogens (tertiary/aromatic N) is 3. The van der Waals surface area contributed by atoms with Crippen LogP contribution in [0.5, 0.6) is 0 Å². The molecule has 0 aliphatic carbocycles. The first kappa shape index (κ1) is 9.08. The zero-order valence-corrected chi connectivity index (χ0v) is 8.58. The summed E-state index contributed by atoms with van der Waals surface area (Å²) in [5.41, 5.74) is 1.06. The Labute approximate surface area is 86.0 Å². The van der Waals surface area contributed by atoms with Crippen molar-refractivity contribution >= 4 is 17.2 Å². The van der Waals surface area contributed by atoms with E-state index < -0.39 is 0 Å².